The third kappa shape index (κ3) is 79.3. The number of aliphatic hydroxyl groups excluding tert-OH is 2. The van der Waals surface area contributed by atoms with E-state index >= 15 is 0 Å². The minimum Gasteiger partial charge on any atom is -0.466 e. The molecule has 6 nitrogen and oxygen atoms in total. The van der Waals surface area contributed by atoms with Gasteiger partial charge in [0.05, 0.1) is 25.4 Å². The predicted octanol–water partition coefficient (Wildman–Crippen LogP) is 29.2. The van der Waals surface area contributed by atoms with E-state index in [0.717, 1.165) is 38.5 Å². The Morgan fingerprint density at radius 2 is 0.500 bits per heavy atom. The van der Waals surface area contributed by atoms with Crippen LogP contribution in [0.3, 0.4) is 0 Å². The molecule has 0 saturated heterocycles. The smallest absolute Gasteiger partial charge is 0.305 e. The van der Waals surface area contributed by atoms with Gasteiger partial charge in [0.15, 0.2) is 0 Å². The number of carbonyl (C=O) groups excluding carboxylic acids is 2. The van der Waals surface area contributed by atoms with Crippen LogP contribution in [-0.4, -0.2) is 47.4 Å². The van der Waals surface area contributed by atoms with Crippen LogP contribution in [0.5, 0.6) is 0 Å². The van der Waals surface area contributed by atoms with Crippen molar-refractivity contribution in [2.45, 2.75) is 514 Å². The fourth-order valence-corrected chi connectivity index (χ4v) is 14.1. The van der Waals surface area contributed by atoms with Gasteiger partial charge in [-0.05, 0) is 57.8 Å². The van der Waals surface area contributed by atoms with Crippen molar-refractivity contribution in [3.63, 3.8) is 0 Å². The third-order valence-electron chi connectivity index (χ3n) is 20.7. The first kappa shape index (κ1) is 92.3. The molecule has 0 aliphatic rings. The summed E-state index contributed by atoms with van der Waals surface area (Å²) >= 11 is 0. The molecule has 0 rings (SSSR count). The van der Waals surface area contributed by atoms with Crippen LogP contribution >= 0.6 is 0 Å². The molecule has 558 valence electrons. The summed E-state index contributed by atoms with van der Waals surface area (Å²) in [5.74, 6) is -0.0332. The van der Waals surface area contributed by atoms with Gasteiger partial charge >= 0.3 is 5.97 Å². The number of ether oxygens (including phenoxy) is 1. The van der Waals surface area contributed by atoms with Gasteiger partial charge in [0.1, 0.15) is 0 Å². The first-order chi connectivity index (χ1) is 46.5. The van der Waals surface area contributed by atoms with E-state index in [1.807, 2.05) is 6.08 Å². The Kier molecular flexibility index (Phi) is 82.3. The maximum absolute atomic E-state index is 12.6. The molecule has 0 saturated carbocycles. The van der Waals surface area contributed by atoms with Crippen molar-refractivity contribution >= 4 is 11.9 Å². The van der Waals surface area contributed by atoms with E-state index in [1.165, 1.54) is 437 Å². The number of nitrogens with one attached hydrogen (secondary N) is 1. The average molecular weight is 1320 g/mol. The summed E-state index contributed by atoms with van der Waals surface area (Å²) < 4.78 is 5.52. The van der Waals surface area contributed by atoms with Gasteiger partial charge in [0, 0.05) is 12.8 Å². The van der Waals surface area contributed by atoms with Gasteiger partial charge in [-0.3, -0.25) is 9.59 Å². The molecular weight excluding hydrogens is 1150 g/mol. The second kappa shape index (κ2) is 83.8. The Morgan fingerprint density at radius 1 is 0.287 bits per heavy atom. The maximum atomic E-state index is 12.6. The Morgan fingerprint density at radius 3 is 0.755 bits per heavy atom. The van der Waals surface area contributed by atoms with Crippen molar-refractivity contribution in [3.05, 3.63) is 24.3 Å². The molecular formula is C88H171NO5. The molecule has 0 aliphatic carbocycles. The van der Waals surface area contributed by atoms with E-state index in [4.69, 9.17) is 4.74 Å². The van der Waals surface area contributed by atoms with Crippen LogP contribution in [0.2, 0.25) is 0 Å². The average Bonchev–Trinajstić information content (AvgIpc) is 3.64. The van der Waals surface area contributed by atoms with Crippen molar-refractivity contribution < 1.29 is 24.5 Å². The van der Waals surface area contributed by atoms with Crippen molar-refractivity contribution in [3.8, 4) is 0 Å². The Hall–Kier alpha value is -1.66. The van der Waals surface area contributed by atoms with Crippen LogP contribution in [0.25, 0.3) is 0 Å². The lowest BCUT2D eigenvalue weighted by Gasteiger charge is -2.20. The second-order valence-electron chi connectivity index (χ2n) is 30.2. The van der Waals surface area contributed by atoms with Crippen LogP contribution in [0.1, 0.15) is 502 Å². The van der Waals surface area contributed by atoms with E-state index in [-0.39, 0.29) is 18.5 Å². The number of allylic oxidation sites excluding steroid dienone is 3. The molecule has 6 heteroatoms. The van der Waals surface area contributed by atoms with E-state index in [2.05, 4.69) is 31.3 Å². The number of amides is 1. The molecule has 0 aliphatic heterocycles. The van der Waals surface area contributed by atoms with E-state index < -0.39 is 12.1 Å². The number of hydrogen-bond acceptors (Lipinski definition) is 5. The van der Waals surface area contributed by atoms with Gasteiger partial charge < -0.3 is 20.3 Å². The number of unbranched alkanes of at least 4 members (excludes halogenated alkanes) is 70. The zero-order valence-electron chi connectivity index (χ0n) is 64.2. The molecule has 0 spiro atoms. The highest BCUT2D eigenvalue weighted by atomic mass is 16.5. The summed E-state index contributed by atoms with van der Waals surface area (Å²) in [5.41, 5.74) is 0. The lowest BCUT2D eigenvalue weighted by molar-refractivity contribution is -0.143. The first-order valence-electron chi connectivity index (χ1n) is 43.6. The normalized spacial score (nSPS) is 12.5. The second-order valence-corrected chi connectivity index (χ2v) is 30.2. The van der Waals surface area contributed by atoms with Crippen LogP contribution in [0.4, 0.5) is 0 Å². The standard InChI is InChI=1S/C88H171NO5/c1-3-5-7-9-11-13-15-17-19-21-22-23-24-36-39-42-45-49-52-56-60-64-68-72-76-80-86(91)85(84-90)89-87(92)81-77-73-69-65-61-57-53-50-46-43-40-37-34-32-30-28-26-25-27-29-31-33-35-38-41-44-47-51-55-59-63-67-71-75-79-83-94-88(93)82-78-74-70-66-62-58-54-48-20-18-16-14-12-10-8-6-4-2/h27,29,76,80,85-86,90-91H,3-26,28,30-75,77-79,81-84H2,1-2H3,(H,89,92)/b29-27-,80-76+. The largest absolute Gasteiger partial charge is 0.466 e. The Bertz CT molecular complexity index is 1480. The number of esters is 1. The minimum absolute atomic E-state index is 0.0253. The molecule has 0 heterocycles. The summed E-state index contributed by atoms with van der Waals surface area (Å²) in [7, 11) is 0. The number of rotatable bonds is 83. The molecule has 0 aromatic carbocycles. The van der Waals surface area contributed by atoms with Gasteiger partial charge in [-0.2, -0.15) is 0 Å². The summed E-state index contributed by atoms with van der Waals surface area (Å²) in [6.45, 7) is 4.97. The van der Waals surface area contributed by atoms with Crippen LogP contribution in [0, 0.1) is 0 Å². The fraction of sp³-hybridized carbons (Fsp3) is 0.932. The lowest BCUT2D eigenvalue weighted by Crippen LogP contribution is -2.45. The third-order valence-corrected chi connectivity index (χ3v) is 20.7. The topological polar surface area (TPSA) is 95.9 Å². The zero-order chi connectivity index (χ0) is 67.7. The van der Waals surface area contributed by atoms with Gasteiger partial charge in [-0.25, -0.2) is 0 Å². The molecule has 3 N–H and O–H groups in total. The summed E-state index contributed by atoms with van der Waals surface area (Å²) in [6, 6.07) is -0.627. The molecule has 2 atom stereocenters. The Labute approximate surface area is 590 Å². The number of carbonyl (C=O) groups is 2. The fourth-order valence-electron chi connectivity index (χ4n) is 14.1. The monoisotopic (exact) mass is 1320 g/mol. The minimum atomic E-state index is -0.844. The molecule has 0 radical (unpaired) electrons. The number of aliphatic hydroxyl groups is 2. The molecule has 0 fully saturated rings. The van der Waals surface area contributed by atoms with Gasteiger partial charge in [0.25, 0.3) is 0 Å². The molecule has 2 unspecified atom stereocenters. The van der Waals surface area contributed by atoms with Crippen LogP contribution in [-0.2, 0) is 14.3 Å². The van der Waals surface area contributed by atoms with Crippen molar-refractivity contribution in [2.24, 2.45) is 0 Å². The first-order valence-corrected chi connectivity index (χ1v) is 43.6. The van der Waals surface area contributed by atoms with E-state index in [9.17, 15) is 19.8 Å². The van der Waals surface area contributed by atoms with Crippen LogP contribution < -0.4 is 5.32 Å². The quantitative estimate of drug-likeness (QED) is 0.0320. The summed E-state index contributed by atoms with van der Waals surface area (Å²) in [4.78, 5) is 24.7. The van der Waals surface area contributed by atoms with Crippen molar-refractivity contribution in [1.82, 2.24) is 5.32 Å². The number of hydrogen-bond donors (Lipinski definition) is 3. The zero-order valence-corrected chi connectivity index (χ0v) is 64.2. The SMILES string of the molecule is CCCCCCCCCCCCCCCCCCCCCCCCC/C=C/C(O)C(CO)NC(=O)CCCCCCCCCCCCCCCCCCC/C=C\CCCCCCCCCCCCCCCCOC(=O)CCCCCCCCCCCCCCCCCCC. The summed E-state index contributed by atoms with van der Waals surface area (Å²) in [6.07, 6.45) is 109. The highest BCUT2D eigenvalue weighted by molar-refractivity contribution is 5.76. The Balaban J connectivity index is 3.35. The predicted molar refractivity (Wildman–Crippen MR) is 417 cm³/mol. The van der Waals surface area contributed by atoms with E-state index in [0.29, 0.717) is 19.4 Å². The lowest BCUT2D eigenvalue weighted by atomic mass is 10.0. The highest BCUT2D eigenvalue weighted by Gasteiger charge is 2.18. The molecule has 1 amide bonds. The van der Waals surface area contributed by atoms with Gasteiger partial charge in [-0.1, -0.05) is 456 Å². The van der Waals surface area contributed by atoms with Gasteiger partial charge in [-0.15, -0.1) is 0 Å². The highest BCUT2D eigenvalue weighted by Crippen LogP contribution is 2.21. The van der Waals surface area contributed by atoms with Crippen molar-refractivity contribution in [2.75, 3.05) is 13.2 Å². The van der Waals surface area contributed by atoms with Crippen LogP contribution in [0.15, 0.2) is 24.3 Å². The van der Waals surface area contributed by atoms with Gasteiger partial charge in [0.2, 0.25) is 5.91 Å². The molecule has 94 heavy (non-hydrogen) atoms. The molecule has 0 aromatic rings. The maximum Gasteiger partial charge on any atom is 0.305 e. The molecule has 0 aromatic heterocycles. The van der Waals surface area contributed by atoms with E-state index in [1.54, 1.807) is 6.08 Å². The summed E-state index contributed by atoms with van der Waals surface area (Å²) in [5, 5.41) is 23.3. The molecule has 0 bridgehead atoms. The van der Waals surface area contributed by atoms with Crippen molar-refractivity contribution in [1.29, 1.82) is 0 Å².